The van der Waals surface area contributed by atoms with Gasteiger partial charge in [-0.1, -0.05) is 57.6 Å². The van der Waals surface area contributed by atoms with Gasteiger partial charge in [0.25, 0.3) is 0 Å². The van der Waals surface area contributed by atoms with Gasteiger partial charge in [0.2, 0.25) is 0 Å². The Bertz CT molecular complexity index is 367. The second kappa shape index (κ2) is 14.5. The molecule has 0 bridgehead atoms. The number of nitrogens with zero attached hydrogens (tertiary/aromatic N) is 2. The first-order valence-corrected chi connectivity index (χ1v) is 10.9. The molecule has 0 amide bonds. The van der Waals surface area contributed by atoms with Crippen molar-refractivity contribution in [1.82, 2.24) is 0 Å². The quantitative estimate of drug-likeness (QED) is 0.223. The van der Waals surface area contributed by atoms with Crippen molar-refractivity contribution in [3.63, 3.8) is 0 Å². The summed E-state index contributed by atoms with van der Waals surface area (Å²) in [5.41, 5.74) is 0. The first-order valence-electron chi connectivity index (χ1n) is 10.9. The van der Waals surface area contributed by atoms with Crippen molar-refractivity contribution < 1.29 is 9.59 Å². The number of rotatable bonds is 16. The predicted octanol–water partition coefficient (Wildman–Crippen LogP) is 5.48. The van der Waals surface area contributed by atoms with Crippen LogP contribution in [0.25, 0.3) is 0 Å². The third-order valence-corrected chi connectivity index (χ3v) is 5.75. The van der Waals surface area contributed by atoms with E-state index >= 15 is 0 Å². The van der Waals surface area contributed by atoms with Gasteiger partial charge in [0, 0.05) is 6.42 Å². The van der Waals surface area contributed by atoms with Gasteiger partial charge in [-0.25, -0.2) is 4.99 Å². The van der Waals surface area contributed by atoms with Gasteiger partial charge in [-0.15, -0.1) is 0 Å². The minimum atomic E-state index is 0.279. The fraction of sp³-hybridized carbons (Fsp3) is 0.864. The molecule has 2 atom stereocenters. The molecule has 0 radical (unpaired) electrons. The van der Waals surface area contributed by atoms with Crippen LogP contribution in [0, 0.1) is 0 Å². The van der Waals surface area contributed by atoms with Gasteiger partial charge in [-0.3, -0.25) is 4.48 Å². The molecule has 1 N–H and O–H groups in total. The lowest BCUT2D eigenvalue weighted by molar-refractivity contribution is -0.936. The van der Waals surface area contributed by atoms with Gasteiger partial charge in [0.15, 0.2) is 6.17 Å². The van der Waals surface area contributed by atoms with Crippen LogP contribution < -0.4 is 0 Å². The molecule has 0 aliphatic carbocycles. The molecule has 3 heteroatoms. The van der Waals surface area contributed by atoms with Crippen molar-refractivity contribution in [2.24, 2.45) is 4.99 Å². The largest absolute Gasteiger partial charge is 0.391 e. The van der Waals surface area contributed by atoms with Crippen LogP contribution in [-0.2, 0) is 0 Å². The second-order valence-electron chi connectivity index (χ2n) is 7.64. The molecule has 0 saturated carbocycles. The fourth-order valence-electron chi connectivity index (χ4n) is 3.92. The number of hydrogen-bond donors (Lipinski definition) is 1. The van der Waals surface area contributed by atoms with E-state index in [1.807, 2.05) is 0 Å². The summed E-state index contributed by atoms with van der Waals surface area (Å²) in [7, 11) is 0. The molecular formula is C22H43N2O+. The Kier molecular flexibility index (Phi) is 13.0. The molecular weight excluding hydrogens is 308 g/mol. The monoisotopic (exact) mass is 351 g/mol. The van der Waals surface area contributed by atoms with Gasteiger partial charge < -0.3 is 5.11 Å². The summed E-state index contributed by atoms with van der Waals surface area (Å²) < 4.78 is 0.973. The number of quaternary nitrogens is 1. The van der Waals surface area contributed by atoms with E-state index in [0.717, 1.165) is 24.1 Å². The Labute approximate surface area is 156 Å². The summed E-state index contributed by atoms with van der Waals surface area (Å²) in [6.45, 7) is 7.72. The third kappa shape index (κ3) is 9.01. The highest BCUT2D eigenvalue weighted by Crippen LogP contribution is 2.24. The molecule has 1 aliphatic heterocycles. The van der Waals surface area contributed by atoms with E-state index in [1.165, 1.54) is 77.0 Å². The van der Waals surface area contributed by atoms with Crippen LogP contribution in [-0.4, -0.2) is 48.2 Å². The van der Waals surface area contributed by atoms with Crippen LogP contribution in [0.3, 0.4) is 0 Å². The average molecular weight is 352 g/mol. The van der Waals surface area contributed by atoms with Gasteiger partial charge in [-0.2, -0.15) is 0 Å². The Morgan fingerprint density at radius 1 is 0.960 bits per heavy atom. The van der Waals surface area contributed by atoms with Crippen molar-refractivity contribution in [2.75, 3.05) is 26.2 Å². The Morgan fingerprint density at radius 3 is 2.24 bits per heavy atom. The molecule has 146 valence electrons. The number of likely N-dealkylation sites (N-methyl/N-ethyl adjacent to an activating group) is 1. The van der Waals surface area contributed by atoms with Crippen molar-refractivity contribution in [3.05, 3.63) is 12.2 Å². The Morgan fingerprint density at radius 2 is 1.60 bits per heavy atom. The van der Waals surface area contributed by atoms with E-state index in [1.54, 1.807) is 0 Å². The Hall–Kier alpha value is -0.670. The summed E-state index contributed by atoms with van der Waals surface area (Å²) >= 11 is 0. The first kappa shape index (κ1) is 22.4. The zero-order valence-electron chi connectivity index (χ0n) is 17.0. The van der Waals surface area contributed by atoms with E-state index in [4.69, 9.17) is 4.99 Å². The smallest absolute Gasteiger partial charge is 0.182 e. The maximum atomic E-state index is 9.35. The number of allylic oxidation sites excluding steroid dienone is 2. The molecule has 0 aromatic rings. The Balaban J connectivity index is 1.97. The van der Waals surface area contributed by atoms with Crippen molar-refractivity contribution in [2.45, 2.75) is 97.1 Å². The number of unbranched alkanes of at least 4 members (excludes halogenated alkanes) is 9. The van der Waals surface area contributed by atoms with E-state index in [-0.39, 0.29) is 6.61 Å². The minimum absolute atomic E-state index is 0.279. The predicted molar refractivity (Wildman–Crippen MR) is 110 cm³/mol. The van der Waals surface area contributed by atoms with E-state index in [9.17, 15) is 5.11 Å². The van der Waals surface area contributed by atoms with Crippen LogP contribution in [0.1, 0.15) is 90.9 Å². The number of hydrogen-bond acceptors (Lipinski definition) is 2. The topological polar surface area (TPSA) is 32.6 Å². The molecule has 1 aliphatic rings. The molecule has 0 aromatic heterocycles. The maximum absolute atomic E-state index is 9.35. The highest BCUT2D eigenvalue weighted by Gasteiger charge is 2.36. The van der Waals surface area contributed by atoms with Gasteiger partial charge >= 0.3 is 0 Å². The molecule has 3 nitrogen and oxygen atoms in total. The summed E-state index contributed by atoms with van der Waals surface area (Å²) in [5, 5.41) is 9.35. The molecule has 0 spiro atoms. The molecule has 2 unspecified atom stereocenters. The maximum Gasteiger partial charge on any atom is 0.182 e. The van der Waals surface area contributed by atoms with Crippen LogP contribution >= 0.6 is 0 Å². The molecule has 1 rings (SSSR count). The second-order valence-corrected chi connectivity index (χ2v) is 7.64. The lowest BCUT2D eigenvalue weighted by Crippen LogP contribution is -2.53. The van der Waals surface area contributed by atoms with Gasteiger partial charge in [0.1, 0.15) is 13.1 Å². The van der Waals surface area contributed by atoms with E-state index in [0.29, 0.717) is 6.17 Å². The normalized spacial score (nSPS) is 23.1. The molecule has 0 aromatic carbocycles. The van der Waals surface area contributed by atoms with Crippen LogP contribution in [0.4, 0.5) is 0 Å². The summed E-state index contributed by atoms with van der Waals surface area (Å²) in [4.78, 5) is 4.70. The van der Waals surface area contributed by atoms with Crippen LogP contribution in [0.15, 0.2) is 17.1 Å². The van der Waals surface area contributed by atoms with Crippen LogP contribution in [0.2, 0.25) is 0 Å². The van der Waals surface area contributed by atoms with E-state index in [2.05, 4.69) is 32.2 Å². The highest BCUT2D eigenvalue weighted by molar-refractivity contribution is 5.60. The van der Waals surface area contributed by atoms with Crippen molar-refractivity contribution in [3.8, 4) is 0 Å². The lowest BCUT2D eigenvalue weighted by atomic mass is 10.1. The number of aliphatic imine (C=N–C) groups is 1. The van der Waals surface area contributed by atoms with E-state index < -0.39 is 0 Å². The van der Waals surface area contributed by atoms with Gasteiger partial charge in [0.05, 0.1) is 19.4 Å². The zero-order valence-corrected chi connectivity index (χ0v) is 17.0. The SMILES string of the molecule is CCCCC/C=C/CCCCCCCCC1N=CC[N+]1(CC)CCO. The lowest BCUT2D eigenvalue weighted by Gasteiger charge is -2.37. The standard InChI is InChI=1S/C22H43N2O/c1-3-5-6-7-8-9-10-11-12-13-14-15-16-17-22-23-18-19-24(22,4-2)20-21-25/h8-9,18,22,25H,3-7,10-17,19-21H2,1-2H3/q+1/b9-8+. The molecule has 25 heavy (non-hydrogen) atoms. The molecule has 1 heterocycles. The molecule has 0 fully saturated rings. The fourth-order valence-corrected chi connectivity index (χ4v) is 3.92. The number of aliphatic hydroxyl groups is 1. The molecule has 0 saturated heterocycles. The minimum Gasteiger partial charge on any atom is -0.391 e. The van der Waals surface area contributed by atoms with Gasteiger partial charge in [-0.05, 0) is 39.0 Å². The highest BCUT2D eigenvalue weighted by atomic mass is 16.3. The van der Waals surface area contributed by atoms with Crippen LogP contribution in [0.5, 0.6) is 0 Å². The summed E-state index contributed by atoms with van der Waals surface area (Å²) in [6, 6.07) is 0. The summed E-state index contributed by atoms with van der Waals surface area (Å²) in [5.74, 6) is 0. The first-order chi connectivity index (χ1) is 12.3. The van der Waals surface area contributed by atoms with Crippen molar-refractivity contribution >= 4 is 6.21 Å². The summed E-state index contributed by atoms with van der Waals surface area (Å²) in [6.07, 6.45) is 23.1. The zero-order chi connectivity index (χ0) is 18.2. The average Bonchev–Trinajstić information content (AvgIpc) is 3.02. The number of aliphatic hydroxyl groups excluding tert-OH is 1. The van der Waals surface area contributed by atoms with Crippen molar-refractivity contribution in [1.29, 1.82) is 0 Å². The third-order valence-electron chi connectivity index (χ3n) is 5.75.